The summed E-state index contributed by atoms with van der Waals surface area (Å²) < 4.78 is 5.32. The topological polar surface area (TPSA) is 13.1 Å². The third kappa shape index (κ3) is 0.632. The zero-order valence-electron chi connectivity index (χ0n) is 6.58. The Morgan fingerprint density at radius 3 is 3.17 bits per heavy atom. The molecule has 0 radical (unpaired) electrons. The summed E-state index contributed by atoms with van der Waals surface area (Å²) in [5, 5.41) is 1.26. The summed E-state index contributed by atoms with van der Waals surface area (Å²) in [6.07, 6.45) is 7.16. The third-order valence-electron chi connectivity index (χ3n) is 2.40. The van der Waals surface area contributed by atoms with E-state index in [2.05, 4.69) is 18.2 Å². The number of rotatable bonds is 0. The molecular weight excluding hydrogens is 148 g/mol. The summed E-state index contributed by atoms with van der Waals surface area (Å²) >= 11 is 0. The van der Waals surface area contributed by atoms with Crippen molar-refractivity contribution in [1.82, 2.24) is 0 Å². The van der Waals surface area contributed by atoms with Crippen LogP contribution in [-0.2, 0) is 6.42 Å². The van der Waals surface area contributed by atoms with E-state index in [9.17, 15) is 0 Å². The maximum atomic E-state index is 5.32. The molecule has 0 saturated carbocycles. The highest BCUT2D eigenvalue weighted by atomic mass is 16.3. The molecule has 0 amide bonds. The first kappa shape index (κ1) is 6.06. The van der Waals surface area contributed by atoms with Gasteiger partial charge in [-0.05, 0) is 29.7 Å². The second-order valence-electron chi connectivity index (χ2n) is 3.07. The van der Waals surface area contributed by atoms with Gasteiger partial charge in [0.25, 0.3) is 0 Å². The fraction of sp³-hybridized carbons (Fsp3) is 0.0909. The molecule has 3 rings (SSSR count). The molecule has 1 nitrogen and oxygen atoms in total. The van der Waals surface area contributed by atoms with Crippen molar-refractivity contribution in [3.63, 3.8) is 0 Å². The van der Waals surface area contributed by atoms with Crippen LogP contribution in [0.4, 0.5) is 0 Å². The smallest absolute Gasteiger partial charge is 0.134 e. The Morgan fingerprint density at radius 2 is 2.17 bits per heavy atom. The quantitative estimate of drug-likeness (QED) is 0.571. The molecule has 0 atom stereocenters. The minimum absolute atomic E-state index is 0.998. The van der Waals surface area contributed by atoms with Crippen molar-refractivity contribution in [2.45, 2.75) is 6.42 Å². The van der Waals surface area contributed by atoms with Crippen molar-refractivity contribution < 1.29 is 4.42 Å². The fourth-order valence-corrected chi connectivity index (χ4v) is 1.81. The predicted octanol–water partition coefficient (Wildman–Crippen LogP) is 3.00. The Hall–Kier alpha value is -1.50. The van der Waals surface area contributed by atoms with Crippen LogP contribution in [0.25, 0.3) is 17.0 Å². The van der Waals surface area contributed by atoms with Gasteiger partial charge in [-0.2, -0.15) is 0 Å². The molecule has 58 valence electrons. The van der Waals surface area contributed by atoms with Gasteiger partial charge in [0, 0.05) is 5.39 Å². The SMILES string of the molecule is C1=Cc2ccc3occc3c2C1. The first-order valence-corrected chi connectivity index (χ1v) is 4.11. The van der Waals surface area contributed by atoms with Crippen LogP contribution in [0.5, 0.6) is 0 Å². The average molecular weight is 156 g/mol. The van der Waals surface area contributed by atoms with Gasteiger partial charge in [0.15, 0.2) is 0 Å². The van der Waals surface area contributed by atoms with E-state index < -0.39 is 0 Å². The molecular formula is C11H8O. The largest absolute Gasteiger partial charge is 0.464 e. The lowest BCUT2D eigenvalue weighted by atomic mass is 10.1. The molecule has 1 aliphatic carbocycles. The Balaban J connectivity index is 2.49. The van der Waals surface area contributed by atoms with Gasteiger partial charge in [0.05, 0.1) is 6.26 Å². The summed E-state index contributed by atoms with van der Waals surface area (Å²) in [7, 11) is 0. The van der Waals surface area contributed by atoms with E-state index in [4.69, 9.17) is 4.42 Å². The fourth-order valence-electron chi connectivity index (χ4n) is 1.81. The maximum absolute atomic E-state index is 5.32. The van der Waals surface area contributed by atoms with Gasteiger partial charge in [-0.3, -0.25) is 0 Å². The molecule has 0 saturated heterocycles. The Morgan fingerprint density at radius 1 is 1.17 bits per heavy atom. The summed E-state index contributed by atoms with van der Waals surface area (Å²) in [6.45, 7) is 0. The van der Waals surface area contributed by atoms with Crippen molar-refractivity contribution in [3.8, 4) is 0 Å². The lowest BCUT2D eigenvalue weighted by Crippen LogP contribution is -1.80. The number of fused-ring (bicyclic) bond motifs is 3. The molecule has 2 aromatic rings. The first-order valence-electron chi connectivity index (χ1n) is 4.11. The predicted molar refractivity (Wildman–Crippen MR) is 49.0 cm³/mol. The van der Waals surface area contributed by atoms with Gasteiger partial charge < -0.3 is 4.42 Å². The zero-order valence-corrected chi connectivity index (χ0v) is 6.58. The first-order chi connectivity index (χ1) is 5.95. The van der Waals surface area contributed by atoms with Gasteiger partial charge in [-0.25, -0.2) is 0 Å². The molecule has 1 aromatic heterocycles. The molecule has 1 aliphatic rings. The molecule has 0 aliphatic heterocycles. The molecule has 0 bridgehead atoms. The van der Waals surface area contributed by atoms with E-state index in [1.165, 1.54) is 16.5 Å². The van der Waals surface area contributed by atoms with Crippen LogP contribution in [0.15, 0.2) is 35.0 Å². The number of furan rings is 1. The zero-order chi connectivity index (χ0) is 7.97. The van der Waals surface area contributed by atoms with Crippen LogP contribution >= 0.6 is 0 Å². The average Bonchev–Trinajstić information content (AvgIpc) is 2.71. The highest BCUT2D eigenvalue weighted by molar-refractivity contribution is 5.86. The van der Waals surface area contributed by atoms with Crippen molar-refractivity contribution in [2.24, 2.45) is 0 Å². The molecule has 1 aromatic carbocycles. The molecule has 0 N–H and O–H groups in total. The monoisotopic (exact) mass is 156 g/mol. The second kappa shape index (κ2) is 2.01. The van der Waals surface area contributed by atoms with Crippen molar-refractivity contribution >= 4 is 17.0 Å². The normalized spacial score (nSPS) is 14.0. The molecule has 0 fully saturated rings. The van der Waals surface area contributed by atoms with Crippen LogP contribution in [0.1, 0.15) is 11.1 Å². The van der Waals surface area contributed by atoms with Gasteiger partial charge in [0.2, 0.25) is 0 Å². The summed E-state index contributed by atoms with van der Waals surface area (Å²) in [4.78, 5) is 0. The van der Waals surface area contributed by atoms with Crippen LogP contribution in [0, 0.1) is 0 Å². The standard InChI is InChI=1S/C11H8O/c1-2-8-4-5-11-10(6-7-12-11)9(8)3-1/h1-2,4-7H,3H2. The minimum atomic E-state index is 0.998. The van der Waals surface area contributed by atoms with E-state index in [1.807, 2.05) is 12.1 Å². The van der Waals surface area contributed by atoms with E-state index >= 15 is 0 Å². The molecule has 0 spiro atoms. The van der Waals surface area contributed by atoms with Gasteiger partial charge in [-0.15, -0.1) is 0 Å². The second-order valence-corrected chi connectivity index (χ2v) is 3.07. The highest BCUT2D eigenvalue weighted by Crippen LogP contribution is 2.28. The van der Waals surface area contributed by atoms with Crippen LogP contribution in [-0.4, -0.2) is 0 Å². The van der Waals surface area contributed by atoms with Crippen molar-refractivity contribution in [1.29, 1.82) is 0 Å². The van der Waals surface area contributed by atoms with E-state index in [0.717, 1.165) is 12.0 Å². The lowest BCUT2D eigenvalue weighted by molar-refractivity contribution is 0.616. The van der Waals surface area contributed by atoms with Crippen molar-refractivity contribution in [3.05, 3.63) is 41.7 Å². The van der Waals surface area contributed by atoms with Crippen LogP contribution < -0.4 is 0 Å². The number of benzene rings is 1. The highest BCUT2D eigenvalue weighted by Gasteiger charge is 2.09. The lowest BCUT2D eigenvalue weighted by Gasteiger charge is -1.98. The van der Waals surface area contributed by atoms with Crippen LogP contribution in [0.2, 0.25) is 0 Å². The molecule has 0 unspecified atom stereocenters. The minimum Gasteiger partial charge on any atom is -0.464 e. The van der Waals surface area contributed by atoms with Crippen molar-refractivity contribution in [2.75, 3.05) is 0 Å². The summed E-state index contributed by atoms with van der Waals surface area (Å²) in [6, 6.07) is 6.19. The van der Waals surface area contributed by atoms with Gasteiger partial charge in [0.1, 0.15) is 5.58 Å². The van der Waals surface area contributed by atoms with E-state index in [1.54, 1.807) is 6.26 Å². The maximum Gasteiger partial charge on any atom is 0.134 e. The van der Waals surface area contributed by atoms with Gasteiger partial charge >= 0.3 is 0 Å². The third-order valence-corrected chi connectivity index (χ3v) is 2.40. The van der Waals surface area contributed by atoms with Crippen LogP contribution in [0.3, 0.4) is 0 Å². The number of hydrogen-bond acceptors (Lipinski definition) is 1. The number of hydrogen-bond donors (Lipinski definition) is 0. The van der Waals surface area contributed by atoms with E-state index in [0.29, 0.717) is 0 Å². The Kier molecular flexibility index (Phi) is 1.01. The Bertz CT molecular complexity index is 463. The molecule has 1 heteroatoms. The van der Waals surface area contributed by atoms with Gasteiger partial charge in [-0.1, -0.05) is 18.2 Å². The summed E-state index contributed by atoms with van der Waals surface area (Å²) in [5.41, 5.74) is 3.74. The molecule has 12 heavy (non-hydrogen) atoms. The number of allylic oxidation sites excluding steroid dienone is 1. The Labute approximate surface area is 70.3 Å². The summed E-state index contributed by atoms with van der Waals surface area (Å²) in [5.74, 6) is 0. The molecule has 1 heterocycles. The van der Waals surface area contributed by atoms with E-state index in [-0.39, 0.29) is 0 Å².